The SMILES string of the molecule is CCCCCC1CCC(c2ccc(C(=O)Oc3ccc(C(=O)c4ccc(OC(=O)c5ccc(C6CCC(CCCCC)CC6)cc5)cc4O)c(O)c3)cc2)CC1. The summed E-state index contributed by atoms with van der Waals surface area (Å²) < 4.78 is 11.1. The highest BCUT2D eigenvalue weighted by atomic mass is 16.5. The summed E-state index contributed by atoms with van der Waals surface area (Å²) in [7, 11) is 0. The summed E-state index contributed by atoms with van der Waals surface area (Å²) in [6.45, 7) is 4.49. The lowest BCUT2D eigenvalue weighted by Gasteiger charge is -2.29. The van der Waals surface area contributed by atoms with Crippen LogP contribution in [0, 0.1) is 11.8 Å². The number of unbranched alkanes of at least 4 members (excludes halogenated alkanes) is 4. The van der Waals surface area contributed by atoms with Crippen LogP contribution in [0.3, 0.4) is 0 Å². The first-order chi connectivity index (χ1) is 27.2. The second-order valence-corrected chi connectivity index (χ2v) is 16.1. The van der Waals surface area contributed by atoms with Crippen molar-refractivity contribution in [3.05, 3.63) is 118 Å². The zero-order chi connectivity index (χ0) is 39.4. The van der Waals surface area contributed by atoms with Gasteiger partial charge in [0.05, 0.1) is 22.3 Å². The predicted octanol–water partition coefficient (Wildman–Crippen LogP) is 12.5. The van der Waals surface area contributed by atoms with Gasteiger partial charge < -0.3 is 19.7 Å². The number of carbonyl (C=O) groups is 3. The molecule has 2 fully saturated rings. The molecule has 0 radical (unpaired) electrons. The second-order valence-electron chi connectivity index (χ2n) is 16.1. The van der Waals surface area contributed by atoms with Gasteiger partial charge in [0.25, 0.3) is 0 Å². The Labute approximate surface area is 332 Å². The maximum Gasteiger partial charge on any atom is 0.343 e. The molecule has 4 aromatic rings. The van der Waals surface area contributed by atoms with E-state index in [9.17, 15) is 24.6 Å². The molecule has 0 spiro atoms. The summed E-state index contributed by atoms with van der Waals surface area (Å²) in [5.74, 6) is 0.272. The molecule has 2 N–H and O–H groups in total. The molecule has 2 saturated carbocycles. The first-order valence-corrected chi connectivity index (χ1v) is 21.1. The number of ketones is 1. The van der Waals surface area contributed by atoms with Crippen LogP contribution in [0.2, 0.25) is 0 Å². The monoisotopic (exact) mass is 758 g/mol. The third-order valence-electron chi connectivity index (χ3n) is 12.2. The Bertz CT molecular complexity index is 1770. The molecule has 0 saturated heterocycles. The molecular formula is C49H58O7. The predicted molar refractivity (Wildman–Crippen MR) is 220 cm³/mol. The Morgan fingerprint density at radius 1 is 0.518 bits per heavy atom. The number of phenols is 2. The number of esters is 2. The van der Waals surface area contributed by atoms with Crippen molar-refractivity contribution < 1.29 is 34.1 Å². The number of aromatic hydroxyl groups is 2. The standard InChI is InChI=1S/C49H58O7/c1-3-5-7-9-33-11-15-35(16-12-33)37-19-23-39(24-20-37)48(53)55-41-27-29-43(45(50)31-41)47(52)44-30-28-42(32-46(44)51)56-49(54)40-25-21-38(22-26-40)36-17-13-34(14-18-36)10-8-6-4-2/h19-36,50-51H,3-18H2,1-2H3. The molecule has 0 aliphatic heterocycles. The van der Waals surface area contributed by atoms with Crippen molar-refractivity contribution in [1.82, 2.24) is 0 Å². The van der Waals surface area contributed by atoms with Crippen molar-refractivity contribution in [1.29, 1.82) is 0 Å². The lowest BCUT2D eigenvalue weighted by Crippen LogP contribution is -2.14. The number of rotatable bonds is 16. The van der Waals surface area contributed by atoms with Gasteiger partial charge >= 0.3 is 11.9 Å². The van der Waals surface area contributed by atoms with E-state index in [0.717, 1.165) is 11.8 Å². The molecule has 56 heavy (non-hydrogen) atoms. The third-order valence-corrected chi connectivity index (χ3v) is 12.2. The number of carbonyl (C=O) groups excluding carboxylic acids is 3. The van der Waals surface area contributed by atoms with Crippen LogP contribution in [-0.4, -0.2) is 27.9 Å². The zero-order valence-electron chi connectivity index (χ0n) is 33.1. The Balaban J connectivity index is 0.991. The summed E-state index contributed by atoms with van der Waals surface area (Å²) in [6, 6.07) is 23.1. The van der Waals surface area contributed by atoms with Crippen molar-refractivity contribution in [2.24, 2.45) is 11.8 Å². The molecule has 0 unspecified atom stereocenters. The molecule has 0 bridgehead atoms. The number of hydrogen-bond donors (Lipinski definition) is 2. The van der Waals surface area contributed by atoms with E-state index in [1.807, 2.05) is 24.3 Å². The van der Waals surface area contributed by atoms with Gasteiger partial charge in [0.1, 0.15) is 23.0 Å². The minimum atomic E-state index is -0.646. The van der Waals surface area contributed by atoms with Gasteiger partial charge in [-0.3, -0.25) is 4.79 Å². The van der Waals surface area contributed by atoms with Gasteiger partial charge in [0.15, 0.2) is 5.78 Å². The van der Waals surface area contributed by atoms with E-state index in [4.69, 9.17) is 9.47 Å². The van der Waals surface area contributed by atoms with Crippen molar-refractivity contribution in [3.8, 4) is 23.0 Å². The normalized spacial score (nSPS) is 19.6. The van der Waals surface area contributed by atoms with Crippen molar-refractivity contribution in [2.75, 3.05) is 0 Å². The molecule has 0 heterocycles. The molecule has 0 amide bonds. The van der Waals surface area contributed by atoms with Crippen LogP contribution < -0.4 is 9.47 Å². The molecule has 2 aliphatic rings. The lowest BCUT2D eigenvalue weighted by atomic mass is 9.77. The van der Waals surface area contributed by atoms with Gasteiger partial charge in [0, 0.05) is 12.1 Å². The van der Waals surface area contributed by atoms with Crippen molar-refractivity contribution in [2.45, 2.75) is 128 Å². The molecule has 0 aromatic heterocycles. The fourth-order valence-corrected chi connectivity index (χ4v) is 8.73. The van der Waals surface area contributed by atoms with E-state index in [1.165, 1.54) is 150 Å². The molecule has 4 aromatic carbocycles. The van der Waals surface area contributed by atoms with Crippen LogP contribution in [0.1, 0.15) is 176 Å². The highest BCUT2D eigenvalue weighted by Crippen LogP contribution is 2.39. The van der Waals surface area contributed by atoms with Crippen molar-refractivity contribution >= 4 is 17.7 Å². The Hall–Kier alpha value is -4.91. The molecule has 0 atom stereocenters. The highest BCUT2D eigenvalue weighted by molar-refractivity contribution is 6.12. The Kier molecular flexibility index (Phi) is 14.4. The molecular weight excluding hydrogens is 701 g/mol. The summed E-state index contributed by atoms with van der Waals surface area (Å²) >= 11 is 0. The van der Waals surface area contributed by atoms with E-state index < -0.39 is 29.2 Å². The van der Waals surface area contributed by atoms with Crippen LogP contribution >= 0.6 is 0 Å². The van der Waals surface area contributed by atoms with E-state index in [2.05, 4.69) is 13.8 Å². The number of ether oxygens (including phenoxy) is 2. The minimum Gasteiger partial charge on any atom is -0.507 e. The van der Waals surface area contributed by atoms with E-state index in [1.54, 1.807) is 24.3 Å². The van der Waals surface area contributed by atoms with Gasteiger partial charge in [-0.2, -0.15) is 0 Å². The lowest BCUT2D eigenvalue weighted by molar-refractivity contribution is 0.0724. The van der Waals surface area contributed by atoms with Gasteiger partial charge in [-0.1, -0.05) is 89.5 Å². The minimum absolute atomic E-state index is 0.0826. The average molecular weight is 759 g/mol. The maximum absolute atomic E-state index is 13.3. The summed E-state index contributed by atoms with van der Waals surface area (Å²) in [6.07, 6.45) is 20.2. The topological polar surface area (TPSA) is 110 Å². The molecule has 7 nitrogen and oxygen atoms in total. The quantitative estimate of drug-likeness (QED) is 0.0506. The van der Waals surface area contributed by atoms with Crippen LogP contribution in [0.25, 0.3) is 0 Å². The zero-order valence-corrected chi connectivity index (χ0v) is 33.1. The molecule has 296 valence electrons. The van der Waals surface area contributed by atoms with E-state index in [-0.39, 0.29) is 22.6 Å². The fourth-order valence-electron chi connectivity index (χ4n) is 8.73. The van der Waals surface area contributed by atoms with Crippen LogP contribution in [0.5, 0.6) is 23.0 Å². The summed E-state index contributed by atoms with van der Waals surface area (Å²) in [5.41, 5.74) is 3.12. The van der Waals surface area contributed by atoms with Crippen LogP contribution in [0.15, 0.2) is 84.9 Å². The van der Waals surface area contributed by atoms with E-state index in [0.29, 0.717) is 23.0 Å². The summed E-state index contributed by atoms with van der Waals surface area (Å²) in [5, 5.41) is 21.5. The van der Waals surface area contributed by atoms with Gasteiger partial charge in [-0.05, 0) is 135 Å². The summed E-state index contributed by atoms with van der Waals surface area (Å²) in [4.78, 5) is 39.2. The largest absolute Gasteiger partial charge is 0.507 e. The van der Waals surface area contributed by atoms with Gasteiger partial charge in [0.2, 0.25) is 0 Å². The maximum atomic E-state index is 13.3. The second kappa shape index (κ2) is 19.8. The Morgan fingerprint density at radius 2 is 0.893 bits per heavy atom. The van der Waals surface area contributed by atoms with Crippen LogP contribution in [0.4, 0.5) is 0 Å². The van der Waals surface area contributed by atoms with Crippen LogP contribution in [-0.2, 0) is 0 Å². The number of phenolic OH excluding ortho intramolecular Hbond substituents is 2. The molecule has 2 aliphatic carbocycles. The van der Waals surface area contributed by atoms with E-state index >= 15 is 0 Å². The number of hydrogen-bond acceptors (Lipinski definition) is 7. The first kappa shape index (κ1) is 40.7. The van der Waals surface area contributed by atoms with Gasteiger partial charge in [-0.25, -0.2) is 9.59 Å². The third kappa shape index (κ3) is 10.7. The average Bonchev–Trinajstić information content (AvgIpc) is 3.21. The molecule has 6 rings (SSSR count). The van der Waals surface area contributed by atoms with Gasteiger partial charge in [-0.15, -0.1) is 0 Å². The Morgan fingerprint density at radius 3 is 1.23 bits per heavy atom. The van der Waals surface area contributed by atoms with Crippen molar-refractivity contribution in [3.63, 3.8) is 0 Å². The smallest absolute Gasteiger partial charge is 0.343 e. The number of benzene rings is 4. The molecule has 7 heteroatoms. The highest BCUT2D eigenvalue weighted by Gasteiger charge is 2.25. The fraction of sp³-hybridized carbons (Fsp3) is 0.449. The first-order valence-electron chi connectivity index (χ1n) is 21.1.